The van der Waals surface area contributed by atoms with Crippen LogP contribution in [0.25, 0.3) is 0 Å². The molecule has 5 heteroatoms. The van der Waals surface area contributed by atoms with Gasteiger partial charge in [-0.1, -0.05) is 24.2 Å². The summed E-state index contributed by atoms with van der Waals surface area (Å²) in [4.78, 5) is 2.14. The lowest BCUT2D eigenvalue weighted by atomic mass is 10.1. The molecule has 0 spiro atoms. The van der Waals surface area contributed by atoms with E-state index in [9.17, 15) is 0 Å². The number of aromatic nitrogens is 2. The molecule has 2 rings (SSSR count). The standard InChI is InChI=1S/C13H19N3O2/c1-9(2)13-7-11(18-15-13)8-16(4)10(3)12-5-6-17-14-12/h5-7,9-10H,8H2,1-4H3/t10-/m1/s1. The molecular weight excluding hydrogens is 230 g/mol. The lowest BCUT2D eigenvalue weighted by molar-refractivity contribution is 0.212. The molecule has 98 valence electrons. The van der Waals surface area contributed by atoms with Gasteiger partial charge in [-0.05, 0) is 19.9 Å². The molecule has 0 aliphatic carbocycles. The van der Waals surface area contributed by atoms with Crippen LogP contribution in [0.1, 0.15) is 49.9 Å². The summed E-state index contributed by atoms with van der Waals surface area (Å²) in [7, 11) is 2.02. The summed E-state index contributed by atoms with van der Waals surface area (Å²) in [6.07, 6.45) is 1.59. The quantitative estimate of drug-likeness (QED) is 0.815. The van der Waals surface area contributed by atoms with Crippen molar-refractivity contribution in [2.45, 2.75) is 39.3 Å². The molecule has 5 nitrogen and oxygen atoms in total. The van der Waals surface area contributed by atoms with Crippen molar-refractivity contribution < 1.29 is 9.05 Å². The van der Waals surface area contributed by atoms with Gasteiger partial charge in [0.05, 0.1) is 18.3 Å². The third-order valence-electron chi connectivity index (χ3n) is 3.12. The van der Waals surface area contributed by atoms with E-state index in [1.165, 1.54) is 0 Å². The van der Waals surface area contributed by atoms with Gasteiger partial charge in [-0.25, -0.2) is 0 Å². The first-order chi connectivity index (χ1) is 8.58. The fourth-order valence-electron chi connectivity index (χ4n) is 1.72. The molecule has 0 aliphatic rings. The Morgan fingerprint density at radius 1 is 1.22 bits per heavy atom. The predicted molar refractivity (Wildman–Crippen MR) is 67.0 cm³/mol. The van der Waals surface area contributed by atoms with Crippen molar-refractivity contribution in [2.24, 2.45) is 0 Å². The molecule has 0 aliphatic heterocycles. The molecule has 2 aromatic rings. The minimum absolute atomic E-state index is 0.177. The Balaban J connectivity index is 2.00. The van der Waals surface area contributed by atoms with E-state index in [0.717, 1.165) is 17.1 Å². The Morgan fingerprint density at radius 2 is 2.00 bits per heavy atom. The van der Waals surface area contributed by atoms with Crippen molar-refractivity contribution in [3.05, 3.63) is 35.5 Å². The van der Waals surface area contributed by atoms with E-state index in [0.29, 0.717) is 12.5 Å². The highest BCUT2D eigenvalue weighted by Gasteiger charge is 2.17. The van der Waals surface area contributed by atoms with Gasteiger partial charge in [0.25, 0.3) is 0 Å². The minimum atomic E-state index is 0.177. The van der Waals surface area contributed by atoms with Gasteiger partial charge < -0.3 is 9.05 Å². The largest absolute Gasteiger partial charge is 0.364 e. The highest BCUT2D eigenvalue weighted by atomic mass is 16.5. The zero-order chi connectivity index (χ0) is 13.1. The second kappa shape index (κ2) is 5.35. The van der Waals surface area contributed by atoms with E-state index >= 15 is 0 Å². The molecule has 0 aromatic carbocycles. The van der Waals surface area contributed by atoms with Gasteiger partial charge in [-0.3, -0.25) is 4.90 Å². The third-order valence-corrected chi connectivity index (χ3v) is 3.12. The van der Waals surface area contributed by atoms with Gasteiger partial charge in [0.2, 0.25) is 0 Å². The molecule has 0 N–H and O–H groups in total. The van der Waals surface area contributed by atoms with Crippen LogP contribution in [0.3, 0.4) is 0 Å². The molecular formula is C13H19N3O2. The van der Waals surface area contributed by atoms with Crippen LogP contribution in [0.15, 0.2) is 27.4 Å². The first-order valence-electron chi connectivity index (χ1n) is 6.14. The maximum Gasteiger partial charge on any atom is 0.150 e. The summed E-state index contributed by atoms with van der Waals surface area (Å²) in [6.45, 7) is 6.98. The van der Waals surface area contributed by atoms with Crippen molar-refractivity contribution >= 4 is 0 Å². The second-order valence-corrected chi connectivity index (χ2v) is 4.89. The molecule has 0 bridgehead atoms. The van der Waals surface area contributed by atoms with Crippen LogP contribution in [0.4, 0.5) is 0 Å². The van der Waals surface area contributed by atoms with Crippen molar-refractivity contribution in [2.75, 3.05) is 7.05 Å². The highest BCUT2D eigenvalue weighted by Crippen LogP contribution is 2.20. The van der Waals surface area contributed by atoms with Crippen LogP contribution in [0.2, 0.25) is 0 Å². The molecule has 0 saturated heterocycles. The predicted octanol–water partition coefficient (Wildman–Crippen LogP) is 2.98. The average Bonchev–Trinajstić information content (AvgIpc) is 2.98. The summed E-state index contributed by atoms with van der Waals surface area (Å²) < 4.78 is 10.2. The summed E-state index contributed by atoms with van der Waals surface area (Å²) in [6, 6.07) is 4.06. The molecule has 2 heterocycles. The zero-order valence-corrected chi connectivity index (χ0v) is 11.3. The van der Waals surface area contributed by atoms with Crippen molar-refractivity contribution in [1.82, 2.24) is 15.2 Å². The molecule has 0 unspecified atom stereocenters. The van der Waals surface area contributed by atoms with Crippen molar-refractivity contribution in [3.63, 3.8) is 0 Å². The van der Waals surface area contributed by atoms with Crippen LogP contribution in [0.5, 0.6) is 0 Å². The lowest BCUT2D eigenvalue weighted by Gasteiger charge is -2.20. The van der Waals surface area contributed by atoms with E-state index in [-0.39, 0.29) is 6.04 Å². The van der Waals surface area contributed by atoms with Crippen molar-refractivity contribution in [3.8, 4) is 0 Å². The molecule has 2 aromatic heterocycles. The monoisotopic (exact) mass is 249 g/mol. The van der Waals surface area contributed by atoms with E-state index in [1.807, 2.05) is 19.2 Å². The number of hydrogen-bond acceptors (Lipinski definition) is 5. The Kier molecular flexibility index (Phi) is 3.81. The molecule has 18 heavy (non-hydrogen) atoms. The van der Waals surface area contributed by atoms with Gasteiger partial charge in [-0.2, -0.15) is 0 Å². The Bertz CT molecular complexity index is 476. The first-order valence-corrected chi connectivity index (χ1v) is 6.14. The van der Waals surface area contributed by atoms with E-state index in [1.54, 1.807) is 6.26 Å². The Hall–Kier alpha value is -1.62. The first kappa shape index (κ1) is 12.8. The van der Waals surface area contributed by atoms with E-state index < -0.39 is 0 Å². The van der Waals surface area contributed by atoms with Crippen LogP contribution in [0, 0.1) is 0 Å². The Labute approximate surface area is 107 Å². The summed E-state index contributed by atoms with van der Waals surface area (Å²) in [5.74, 6) is 1.26. The molecule has 1 atom stereocenters. The normalized spacial score (nSPS) is 13.4. The maximum absolute atomic E-state index is 5.33. The summed E-state index contributed by atoms with van der Waals surface area (Å²) in [5, 5.41) is 8.00. The third kappa shape index (κ3) is 2.79. The average molecular weight is 249 g/mol. The summed E-state index contributed by atoms with van der Waals surface area (Å²) in [5.41, 5.74) is 1.91. The van der Waals surface area contributed by atoms with Gasteiger partial charge in [0.15, 0.2) is 5.76 Å². The number of hydrogen-bond donors (Lipinski definition) is 0. The molecule has 0 saturated carbocycles. The zero-order valence-electron chi connectivity index (χ0n) is 11.3. The SMILES string of the molecule is CC(C)c1cc(CN(C)[C@H](C)c2ccon2)on1. The van der Waals surface area contributed by atoms with Gasteiger partial charge >= 0.3 is 0 Å². The molecule has 0 amide bonds. The van der Waals surface area contributed by atoms with E-state index in [4.69, 9.17) is 9.05 Å². The maximum atomic E-state index is 5.33. The fourth-order valence-corrected chi connectivity index (χ4v) is 1.72. The summed E-state index contributed by atoms with van der Waals surface area (Å²) >= 11 is 0. The fraction of sp³-hybridized carbons (Fsp3) is 0.538. The smallest absolute Gasteiger partial charge is 0.150 e. The van der Waals surface area contributed by atoms with Crippen LogP contribution in [-0.2, 0) is 6.54 Å². The van der Waals surface area contributed by atoms with Crippen LogP contribution < -0.4 is 0 Å². The van der Waals surface area contributed by atoms with Gasteiger partial charge in [0.1, 0.15) is 12.0 Å². The Morgan fingerprint density at radius 3 is 2.56 bits per heavy atom. The topological polar surface area (TPSA) is 55.3 Å². The second-order valence-electron chi connectivity index (χ2n) is 4.89. The van der Waals surface area contributed by atoms with Crippen LogP contribution in [-0.4, -0.2) is 22.3 Å². The van der Waals surface area contributed by atoms with E-state index in [2.05, 4.69) is 36.0 Å². The van der Waals surface area contributed by atoms with Crippen molar-refractivity contribution in [1.29, 1.82) is 0 Å². The highest BCUT2D eigenvalue weighted by molar-refractivity contribution is 5.09. The molecule has 0 fully saturated rings. The molecule has 0 radical (unpaired) electrons. The minimum Gasteiger partial charge on any atom is -0.364 e. The van der Waals surface area contributed by atoms with Gasteiger partial charge in [0, 0.05) is 12.1 Å². The number of rotatable bonds is 5. The lowest BCUT2D eigenvalue weighted by Crippen LogP contribution is -2.21. The number of nitrogens with zero attached hydrogens (tertiary/aromatic N) is 3. The van der Waals surface area contributed by atoms with Gasteiger partial charge in [-0.15, -0.1) is 0 Å². The van der Waals surface area contributed by atoms with Crippen LogP contribution >= 0.6 is 0 Å².